The van der Waals surface area contributed by atoms with Crippen molar-refractivity contribution in [3.8, 4) is 0 Å². The van der Waals surface area contributed by atoms with Crippen molar-refractivity contribution in [3.05, 3.63) is 72.3 Å². The van der Waals surface area contributed by atoms with Crippen molar-refractivity contribution in [1.29, 1.82) is 0 Å². The maximum Gasteiger partial charge on any atom is 0.333 e. The molecule has 0 bridgehead atoms. The predicted molar refractivity (Wildman–Crippen MR) is 202 cm³/mol. The summed E-state index contributed by atoms with van der Waals surface area (Å²) in [5, 5.41) is 2.07. The van der Waals surface area contributed by atoms with Crippen LogP contribution in [0.4, 0.5) is 0 Å². The maximum absolute atomic E-state index is 13.3. The lowest BCUT2D eigenvalue weighted by molar-refractivity contribution is -0.180. The van der Waals surface area contributed by atoms with Crippen molar-refractivity contribution in [1.82, 2.24) is 0 Å². The molecule has 51 heavy (non-hydrogen) atoms. The van der Waals surface area contributed by atoms with Gasteiger partial charge in [-0.25, -0.2) is 4.79 Å². The summed E-state index contributed by atoms with van der Waals surface area (Å²) in [4.78, 5) is 50.6. The van der Waals surface area contributed by atoms with Crippen molar-refractivity contribution >= 4 is 42.6 Å². The van der Waals surface area contributed by atoms with Crippen LogP contribution in [0.3, 0.4) is 0 Å². The van der Waals surface area contributed by atoms with Gasteiger partial charge >= 0.3 is 23.9 Å². The van der Waals surface area contributed by atoms with Gasteiger partial charge in [0.15, 0.2) is 0 Å². The second-order valence-electron chi connectivity index (χ2n) is 14.9. The molecule has 0 saturated carbocycles. The predicted octanol–water partition coefficient (Wildman–Crippen LogP) is 6.95. The van der Waals surface area contributed by atoms with E-state index in [-0.39, 0.29) is 36.1 Å². The Morgan fingerprint density at radius 2 is 1.31 bits per heavy atom. The molecule has 0 spiro atoms. The summed E-state index contributed by atoms with van der Waals surface area (Å²) in [6, 6.07) is 20.7. The zero-order valence-corrected chi connectivity index (χ0v) is 33.5. The molecule has 2 aromatic rings. The molecule has 0 amide bonds. The first-order chi connectivity index (χ1) is 24.0. The molecule has 0 aliphatic heterocycles. The van der Waals surface area contributed by atoms with Gasteiger partial charge in [0.2, 0.25) is 0 Å². The molecule has 0 fully saturated rings. The minimum absolute atomic E-state index is 0.0448. The Morgan fingerprint density at radius 3 is 1.76 bits per heavy atom. The molecule has 0 aromatic heterocycles. The third-order valence-corrected chi connectivity index (χ3v) is 14.0. The van der Waals surface area contributed by atoms with Gasteiger partial charge < -0.3 is 23.4 Å². The van der Waals surface area contributed by atoms with Gasteiger partial charge in [0.05, 0.1) is 7.11 Å². The molecule has 2 aromatic carbocycles. The number of ether oxygens (including phenoxy) is 4. The standard InChI is InChI=1S/C41H60O9Si/c1-12-37(43)49-35(24-23-30(5)40(45)46-11)31(6)39(48-32(7)42)36(50-38(44)25-28(2)3)26-29(4)27-47-51(41(8,9)10,33-19-15-13-16-20-33)34-21-17-14-18-22-34/h13-23,28-29,31,35-36,39H,12,24-27H2,1-11H3/b30-23+/t29-,31-,35-,36+,39+/m0/s1. The number of benzene rings is 2. The number of methoxy groups -OCH3 is 1. The zero-order chi connectivity index (χ0) is 38.4. The Kier molecular flexibility index (Phi) is 17.3. The second kappa shape index (κ2) is 20.3. The van der Waals surface area contributed by atoms with Gasteiger partial charge in [-0.05, 0) is 40.6 Å². The molecule has 0 aliphatic rings. The quantitative estimate of drug-likeness (QED) is 0.0658. The zero-order valence-electron chi connectivity index (χ0n) is 32.5. The van der Waals surface area contributed by atoms with Crippen LogP contribution < -0.4 is 10.4 Å². The Labute approximate surface area is 306 Å². The molecule has 0 N–H and O–H groups in total. The van der Waals surface area contributed by atoms with E-state index in [2.05, 4.69) is 45.0 Å². The molecule has 0 unspecified atom stereocenters. The summed E-state index contributed by atoms with van der Waals surface area (Å²) in [6.45, 7) is 19.3. The molecule has 0 saturated heterocycles. The third kappa shape index (κ3) is 12.8. The highest BCUT2D eigenvalue weighted by Crippen LogP contribution is 2.37. The molecule has 282 valence electrons. The lowest BCUT2D eigenvalue weighted by Gasteiger charge is -2.44. The topological polar surface area (TPSA) is 114 Å². The van der Waals surface area contributed by atoms with E-state index in [1.165, 1.54) is 14.0 Å². The van der Waals surface area contributed by atoms with E-state index in [0.717, 1.165) is 10.4 Å². The van der Waals surface area contributed by atoms with E-state index in [0.29, 0.717) is 18.6 Å². The highest BCUT2D eigenvalue weighted by atomic mass is 28.4. The summed E-state index contributed by atoms with van der Waals surface area (Å²) in [5.74, 6) is -2.64. The smallest absolute Gasteiger partial charge is 0.333 e. The van der Waals surface area contributed by atoms with Crippen molar-refractivity contribution in [2.24, 2.45) is 17.8 Å². The number of hydrogen-bond acceptors (Lipinski definition) is 9. The van der Waals surface area contributed by atoms with Crippen LogP contribution in [0.2, 0.25) is 5.04 Å². The first kappa shape index (κ1) is 43.4. The van der Waals surface area contributed by atoms with Gasteiger partial charge in [-0.2, -0.15) is 0 Å². The highest BCUT2D eigenvalue weighted by Gasteiger charge is 2.50. The van der Waals surface area contributed by atoms with Gasteiger partial charge in [-0.15, -0.1) is 0 Å². The van der Waals surface area contributed by atoms with Gasteiger partial charge in [0.25, 0.3) is 8.32 Å². The van der Waals surface area contributed by atoms with E-state index in [4.69, 9.17) is 23.4 Å². The molecular formula is C41H60O9Si. The third-order valence-electron chi connectivity index (χ3n) is 9.00. The Bertz CT molecular complexity index is 1390. The number of rotatable bonds is 19. The van der Waals surface area contributed by atoms with Crippen molar-refractivity contribution in [2.45, 2.75) is 118 Å². The minimum Gasteiger partial charge on any atom is -0.466 e. The van der Waals surface area contributed by atoms with Crippen LogP contribution in [0, 0.1) is 17.8 Å². The van der Waals surface area contributed by atoms with Crippen molar-refractivity contribution in [3.63, 3.8) is 0 Å². The van der Waals surface area contributed by atoms with Crippen LogP contribution >= 0.6 is 0 Å². The minimum atomic E-state index is -2.86. The monoisotopic (exact) mass is 724 g/mol. The van der Waals surface area contributed by atoms with Crippen molar-refractivity contribution < 1.29 is 42.6 Å². The number of hydrogen-bond donors (Lipinski definition) is 0. The van der Waals surface area contributed by atoms with Crippen LogP contribution in [0.5, 0.6) is 0 Å². The van der Waals surface area contributed by atoms with E-state index in [9.17, 15) is 19.2 Å². The SMILES string of the molecule is CCC(=O)O[C@@H](C/C=C(\C)C(=O)OC)[C@H](C)[C@@H](OC(C)=O)[C@@H](C[C@H](C)CO[Si](c1ccccc1)(c1ccccc1)C(C)(C)C)OC(=O)CC(C)C. The first-order valence-electron chi connectivity index (χ1n) is 18.0. The van der Waals surface area contributed by atoms with Crippen LogP contribution in [0.25, 0.3) is 0 Å². The Morgan fingerprint density at radius 1 is 0.784 bits per heavy atom. The first-order valence-corrected chi connectivity index (χ1v) is 19.9. The fourth-order valence-corrected chi connectivity index (χ4v) is 11.1. The van der Waals surface area contributed by atoms with Crippen LogP contribution in [0.15, 0.2) is 72.3 Å². The average Bonchev–Trinajstić information content (AvgIpc) is 3.07. The molecule has 9 nitrogen and oxygen atoms in total. The lowest BCUT2D eigenvalue weighted by Crippen LogP contribution is -2.66. The molecule has 10 heteroatoms. The summed E-state index contributed by atoms with van der Waals surface area (Å²) >= 11 is 0. The molecular weight excluding hydrogens is 665 g/mol. The molecule has 5 atom stereocenters. The Balaban J connectivity index is 2.57. The summed E-state index contributed by atoms with van der Waals surface area (Å²) in [5.41, 5.74) is 0.347. The molecule has 0 radical (unpaired) electrons. The largest absolute Gasteiger partial charge is 0.466 e. The summed E-state index contributed by atoms with van der Waals surface area (Å²) in [7, 11) is -1.57. The summed E-state index contributed by atoms with van der Waals surface area (Å²) in [6.07, 6.45) is -0.209. The Hall–Kier alpha value is -3.76. The highest BCUT2D eigenvalue weighted by molar-refractivity contribution is 6.99. The van der Waals surface area contributed by atoms with Gasteiger partial charge in [-0.3, -0.25) is 14.4 Å². The van der Waals surface area contributed by atoms with Crippen LogP contribution in [-0.2, 0) is 42.6 Å². The van der Waals surface area contributed by atoms with E-state index >= 15 is 0 Å². The van der Waals surface area contributed by atoms with Gasteiger partial charge in [0, 0.05) is 44.3 Å². The van der Waals surface area contributed by atoms with E-state index in [1.807, 2.05) is 57.2 Å². The molecule has 2 rings (SSSR count). The number of carbonyl (C=O) groups is 4. The van der Waals surface area contributed by atoms with Gasteiger partial charge in [0.1, 0.15) is 18.3 Å². The average molecular weight is 725 g/mol. The maximum atomic E-state index is 13.3. The summed E-state index contributed by atoms with van der Waals surface area (Å²) < 4.78 is 30.0. The van der Waals surface area contributed by atoms with E-state index in [1.54, 1.807) is 26.8 Å². The normalized spacial score (nSPS) is 15.3. The molecule has 0 heterocycles. The second-order valence-corrected chi connectivity index (χ2v) is 19.2. The number of carbonyl (C=O) groups excluding carboxylic acids is 4. The fraction of sp³-hybridized carbons (Fsp3) is 0.561. The van der Waals surface area contributed by atoms with Crippen LogP contribution in [-0.4, -0.2) is 64.2 Å². The molecule has 0 aliphatic carbocycles. The van der Waals surface area contributed by atoms with Crippen LogP contribution in [0.1, 0.15) is 94.9 Å². The van der Waals surface area contributed by atoms with Gasteiger partial charge in [-0.1, -0.05) is 122 Å². The fourth-order valence-electron chi connectivity index (χ4n) is 6.38. The van der Waals surface area contributed by atoms with Crippen molar-refractivity contribution in [2.75, 3.05) is 13.7 Å². The lowest BCUT2D eigenvalue weighted by atomic mass is 9.87. The van der Waals surface area contributed by atoms with E-state index < -0.39 is 56.4 Å². The number of esters is 4.